The van der Waals surface area contributed by atoms with Gasteiger partial charge in [-0.15, -0.1) is 12.3 Å². The monoisotopic (exact) mass is 202 g/mol. The fourth-order valence-electron chi connectivity index (χ4n) is 1.49. The van der Waals surface area contributed by atoms with Crippen molar-refractivity contribution in [3.63, 3.8) is 0 Å². The van der Waals surface area contributed by atoms with Gasteiger partial charge in [-0.3, -0.25) is 9.88 Å². The van der Waals surface area contributed by atoms with Gasteiger partial charge in [0.05, 0.1) is 5.69 Å². The van der Waals surface area contributed by atoms with Gasteiger partial charge in [0.15, 0.2) is 0 Å². The molecule has 2 nitrogen and oxygen atoms in total. The fraction of sp³-hybridized carbons (Fsp3) is 0.462. The molecule has 1 rings (SSSR count). The van der Waals surface area contributed by atoms with E-state index >= 15 is 0 Å². The molecule has 0 N–H and O–H groups in total. The molecule has 0 saturated heterocycles. The Balaban J connectivity index is 2.55. The molecule has 1 heterocycles. The normalized spacial score (nSPS) is 10.3. The average Bonchev–Trinajstić information content (AvgIpc) is 2.24. The minimum atomic E-state index is 0.805. The number of hydrogen-bond acceptors (Lipinski definition) is 2. The molecule has 0 fully saturated rings. The second-order valence-electron chi connectivity index (χ2n) is 3.59. The fourth-order valence-corrected chi connectivity index (χ4v) is 1.49. The first kappa shape index (κ1) is 11.7. The van der Waals surface area contributed by atoms with E-state index < -0.39 is 0 Å². The van der Waals surface area contributed by atoms with Crippen LogP contribution in [0, 0.1) is 19.3 Å². The van der Waals surface area contributed by atoms with Gasteiger partial charge in [-0.2, -0.15) is 0 Å². The molecule has 0 bridgehead atoms. The Morgan fingerprint density at radius 1 is 1.47 bits per heavy atom. The molecule has 15 heavy (non-hydrogen) atoms. The predicted molar refractivity (Wildman–Crippen MR) is 63.4 cm³/mol. The maximum Gasteiger partial charge on any atom is 0.0547 e. The van der Waals surface area contributed by atoms with E-state index in [1.807, 2.05) is 19.1 Å². The summed E-state index contributed by atoms with van der Waals surface area (Å²) in [5, 5.41) is 0. The van der Waals surface area contributed by atoms with Gasteiger partial charge in [-0.05, 0) is 25.6 Å². The number of hydrogen-bond donors (Lipinski definition) is 0. The van der Waals surface area contributed by atoms with Crippen LogP contribution in [-0.2, 0) is 6.54 Å². The summed E-state index contributed by atoms with van der Waals surface area (Å²) in [5.74, 6) is 2.67. The maximum absolute atomic E-state index is 5.26. The molecule has 1 aromatic rings. The van der Waals surface area contributed by atoms with Crippen molar-refractivity contribution < 1.29 is 0 Å². The van der Waals surface area contributed by atoms with Crippen LogP contribution in [0.5, 0.6) is 0 Å². The zero-order valence-corrected chi connectivity index (χ0v) is 9.53. The summed E-state index contributed by atoms with van der Waals surface area (Å²) in [7, 11) is 0. The van der Waals surface area contributed by atoms with Crippen LogP contribution in [0.15, 0.2) is 18.2 Å². The molecule has 1 aromatic heterocycles. The number of pyridine rings is 1. The molecular weight excluding hydrogens is 184 g/mol. The van der Waals surface area contributed by atoms with Crippen LogP contribution >= 0.6 is 0 Å². The summed E-state index contributed by atoms with van der Waals surface area (Å²) >= 11 is 0. The first-order chi connectivity index (χ1) is 7.26. The lowest BCUT2D eigenvalue weighted by Gasteiger charge is -2.18. The van der Waals surface area contributed by atoms with Crippen molar-refractivity contribution in [2.75, 3.05) is 13.1 Å². The van der Waals surface area contributed by atoms with E-state index in [0.29, 0.717) is 0 Å². The Morgan fingerprint density at radius 3 is 2.87 bits per heavy atom. The standard InChI is InChI=1S/C13H18N2/c1-4-6-10-15(5-2)11-13-9-7-8-12(3)14-13/h1,7-9H,5-6,10-11H2,2-3H3. The van der Waals surface area contributed by atoms with E-state index in [0.717, 1.165) is 37.4 Å². The van der Waals surface area contributed by atoms with Gasteiger partial charge in [-0.25, -0.2) is 0 Å². The highest BCUT2D eigenvalue weighted by molar-refractivity contribution is 5.09. The third-order valence-corrected chi connectivity index (χ3v) is 2.35. The van der Waals surface area contributed by atoms with E-state index in [2.05, 4.69) is 28.8 Å². The van der Waals surface area contributed by atoms with Gasteiger partial charge in [0.2, 0.25) is 0 Å². The van der Waals surface area contributed by atoms with Gasteiger partial charge < -0.3 is 0 Å². The van der Waals surface area contributed by atoms with E-state index in [1.54, 1.807) is 0 Å². The van der Waals surface area contributed by atoms with Crippen LogP contribution in [0.4, 0.5) is 0 Å². The summed E-state index contributed by atoms with van der Waals surface area (Å²) in [6.45, 7) is 7.01. The minimum absolute atomic E-state index is 0.805. The van der Waals surface area contributed by atoms with Crippen molar-refractivity contribution in [3.8, 4) is 12.3 Å². The summed E-state index contributed by atoms with van der Waals surface area (Å²) < 4.78 is 0. The lowest BCUT2D eigenvalue weighted by molar-refractivity contribution is 0.283. The molecule has 0 saturated carbocycles. The third-order valence-electron chi connectivity index (χ3n) is 2.35. The van der Waals surface area contributed by atoms with Crippen molar-refractivity contribution >= 4 is 0 Å². The Kier molecular flexibility index (Phi) is 4.86. The molecule has 0 radical (unpaired) electrons. The second-order valence-corrected chi connectivity index (χ2v) is 3.59. The van der Waals surface area contributed by atoms with Crippen molar-refractivity contribution in [1.29, 1.82) is 0 Å². The molecule has 80 valence electrons. The molecule has 0 atom stereocenters. The molecule has 0 spiro atoms. The molecular formula is C13H18N2. The number of nitrogens with zero attached hydrogens (tertiary/aromatic N) is 2. The van der Waals surface area contributed by atoms with Gasteiger partial charge >= 0.3 is 0 Å². The summed E-state index contributed by atoms with van der Waals surface area (Å²) in [6.07, 6.45) is 6.06. The molecule has 0 aliphatic heterocycles. The van der Waals surface area contributed by atoms with Crippen molar-refractivity contribution in [1.82, 2.24) is 9.88 Å². The van der Waals surface area contributed by atoms with Crippen molar-refractivity contribution in [2.24, 2.45) is 0 Å². The van der Waals surface area contributed by atoms with Gasteiger partial charge in [0.25, 0.3) is 0 Å². The Morgan fingerprint density at radius 2 is 2.27 bits per heavy atom. The van der Waals surface area contributed by atoms with Crippen molar-refractivity contribution in [2.45, 2.75) is 26.8 Å². The van der Waals surface area contributed by atoms with Crippen LogP contribution < -0.4 is 0 Å². The zero-order valence-electron chi connectivity index (χ0n) is 9.53. The zero-order chi connectivity index (χ0) is 11.1. The van der Waals surface area contributed by atoms with Crippen LogP contribution in [0.1, 0.15) is 24.7 Å². The Bertz CT molecular complexity index is 339. The number of rotatable bonds is 5. The van der Waals surface area contributed by atoms with Crippen LogP contribution in [0.2, 0.25) is 0 Å². The molecule has 0 amide bonds. The summed E-state index contributed by atoms with van der Waals surface area (Å²) in [5.41, 5.74) is 2.19. The highest BCUT2D eigenvalue weighted by atomic mass is 15.1. The quantitative estimate of drug-likeness (QED) is 0.681. The molecule has 0 unspecified atom stereocenters. The number of aryl methyl sites for hydroxylation is 1. The van der Waals surface area contributed by atoms with Gasteiger partial charge in [-0.1, -0.05) is 13.0 Å². The van der Waals surface area contributed by atoms with Crippen LogP contribution in [0.25, 0.3) is 0 Å². The lowest BCUT2D eigenvalue weighted by atomic mass is 10.3. The summed E-state index contributed by atoms with van der Waals surface area (Å²) in [6, 6.07) is 6.12. The van der Waals surface area contributed by atoms with E-state index in [4.69, 9.17) is 6.42 Å². The Labute approximate surface area is 92.3 Å². The predicted octanol–water partition coefficient (Wildman–Crippen LogP) is 2.24. The van der Waals surface area contributed by atoms with Crippen LogP contribution in [-0.4, -0.2) is 23.0 Å². The van der Waals surface area contributed by atoms with Crippen LogP contribution in [0.3, 0.4) is 0 Å². The number of aromatic nitrogens is 1. The number of terminal acetylenes is 1. The maximum atomic E-state index is 5.26. The smallest absolute Gasteiger partial charge is 0.0547 e. The van der Waals surface area contributed by atoms with Crippen molar-refractivity contribution in [3.05, 3.63) is 29.6 Å². The Hall–Kier alpha value is -1.33. The lowest BCUT2D eigenvalue weighted by Crippen LogP contribution is -2.24. The second kappa shape index (κ2) is 6.21. The first-order valence-electron chi connectivity index (χ1n) is 5.34. The third kappa shape index (κ3) is 4.14. The first-order valence-corrected chi connectivity index (χ1v) is 5.34. The largest absolute Gasteiger partial charge is 0.297 e. The van der Waals surface area contributed by atoms with E-state index in [-0.39, 0.29) is 0 Å². The topological polar surface area (TPSA) is 16.1 Å². The summed E-state index contributed by atoms with van der Waals surface area (Å²) in [4.78, 5) is 6.78. The van der Waals surface area contributed by atoms with E-state index in [1.165, 1.54) is 0 Å². The molecule has 2 heteroatoms. The molecule has 0 aromatic carbocycles. The SMILES string of the molecule is C#CCCN(CC)Cc1cccc(C)n1. The minimum Gasteiger partial charge on any atom is -0.297 e. The van der Waals surface area contributed by atoms with E-state index in [9.17, 15) is 0 Å². The highest BCUT2D eigenvalue weighted by Gasteiger charge is 2.03. The van der Waals surface area contributed by atoms with Gasteiger partial charge in [0, 0.05) is 25.2 Å². The molecule has 0 aliphatic carbocycles. The molecule has 0 aliphatic rings. The average molecular weight is 202 g/mol. The highest BCUT2D eigenvalue weighted by Crippen LogP contribution is 2.03. The van der Waals surface area contributed by atoms with Gasteiger partial charge in [0.1, 0.15) is 0 Å².